The van der Waals surface area contributed by atoms with Gasteiger partial charge in [-0.3, -0.25) is 9.59 Å². The van der Waals surface area contributed by atoms with E-state index in [0.717, 1.165) is 44.2 Å². The monoisotopic (exact) mass is 337 g/mol. The van der Waals surface area contributed by atoms with E-state index >= 15 is 0 Å². The number of anilines is 1. The third kappa shape index (κ3) is 4.68. The molecule has 1 saturated carbocycles. The second kappa shape index (κ2) is 8.28. The number of allylic oxidation sites excluding steroid dienone is 4. The molecule has 3 atom stereocenters. The zero-order valence-corrected chi connectivity index (χ0v) is 14.9. The molecule has 1 N–H and O–H groups in total. The molecule has 132 valence electrons. The first-order chi connectivity index (χ1) is 12.2. The van der Waals surface area contributed by atoms with Crippen LogP contribution in [-0.4, -0.2) is 11.7 Å². The Hall–Kier alpha value is -2.16. The van der Waals surface area contributed by atoms with Crippen LogP contribution in [0.1, 0.15) is 55.8 Å². The summed E-state index contributed by atoms with van der Waals surface area (Å²) < 4.78 is 0. The molecule has 3 rings (SSSR count). The van der Waals surface area contributed by atoms with Crippen LogP contribution in [0, 0.1) is 17.8 Å². The predicted octanol–water partition coefficient (Wildman–Crippen LogP) is 5.16. The minimum absolute atomic E-state index is 0.0161. The topological polar surface area (TPSA) is 46.2 Å². The van der Waals surface area contributed by atoms with Crippen LogP contribution in [0.4, 0.5) is 5.69 Å². The highest BCUT2D eigenvalue weighted by Crippen LogP contribution is 2.52. The first kappa shape index (κ1) is 17.7. The van der Waals surface area contributed by atoms with Crippen molar-refractivity contribution >= 4 is 17.4 Å². The summed E-state index contributed by atoms with van der Waals surface area (Å²) >= 11 is 0. The summed E-state index contributed by atoms with van der Waals surface area (Å²) in [5, 5.41) is 3.03. The lowest BCUT2D eigenvalue weighted by Gasteiger charge is -2.06. The van der Waals surface area contributed by atoms with E-state index in [1.54, 1.807) is 19.1 Å². The molecule has 1 amide bonds. The summed E-state index contributed by atoms with van der Waals surface area (Å²) in [6, 6.07) is 7.21. The fourth-order valence-corrected chi connectivity index (χ4v) is 3.90. The van der Waals surface area contributed by atoms with Crippen LogP contribution in [0.5, 0.6) is 0 Å². The Kier molecular flexibility index (Phi) is 5.85. The van der Waals surface area contributed by atoms with E-state index in [2.05, 4.69) is 29.6 Å². The molecule has 0 saturated heterocycles. The van der Waals surface area contributed by atoms with Crippen LogP contribution in [0.15, 0.2) is 48.6 Å². The van der Waals surface area contributed by atoms with Crippen LogP contribution in [0.25, 0.3) is 0 Å². The van der Waals surface area contributed by atoms with E-state index in [4.69, 9.17) is 0 Å². The van der Waals surface area contributed by atoms with E-state index in [1.807, 2.05) is 12.1 Å². The highest BCUT2D eigenvalue weighted by molar-refractivity contribution is 5.98. The molecule has 2 aliphatic carbocycles. The SMILES string of the molecule is CC(=O)c1cccc(NC(=O)C2[C@H]3CC/C=C\CC/C=C\CC[C@@H]23)c1. The van der Waals surface area contributed by atoms with Crippen LogP contribution in [0.3, 0.4) is 0 Å². The van der Waals surface area contributed by atoms with Gasteiger partial charge in [0.1, 0.15) is 0 Å². The van der Waals surface area contributed by atoms with Crippen molar-refractivity contribution in [3.8, 4) is 0 Å². The molecule has 0 heterocycles. The largest absolute Gasteiger partial charge is 0.326 e. The number of Topliss-reactive ketones (excluding diaryl/α,β-unsaturated/α-hetero) is 1. The molecule has 1 aromatic carbocycles. The number of hydrogen-bond acceptors (Lipinski definition) is 2. The Morgan fingerprint density at radius 1 is 0.920 bits per heavy atom. The molecular formula is C22H27NO2. The summed E-state index contributed by atoms with van der Waals surface area (Å²) in [6.45, 7) is 1.54. The van der Waals surface area contributed by atoms with E-state index in [0.29, 0.717) is 17.4 Å². The molecule has 0 spiro atoms. The molecule has 1 unspecified atom stereocenters. The molecule has 1 aromatic rings. The number of fused-ring (bicyclic) bond motifs is 1. The number of carbonyl (C=O) groups excluding carboxylic acids is 2. The first-order valence-corrected chi connectivity index (χ1v) is 9.38. The number of ketones is 1. The zero-order valence-electron chi connectivity index (χ0n) is 14.9. The second-order valence-electron chi connectivity index (χ2n) is 7.15. The summed E-state index contributed by atoms with van der Waals surface area (Å²) in [5.74, 6) is 1.23. The number of amides is 1. The van der Waals surface area contributed by atoms with Gasteiger partial charge in [0.05, 0.1) is 0 Å². The van der Waals surface area contributed by atoms with Crippen molar-refractivity contribution in [1.29, 1.82) is 0 Å². The Morgan fingerprint density at radius 2 is 1.52 bits per heavy atom. The number of benzene rings is 1. The molecule has 0 aliphatic heterocycles. The quantitative estimate of drug-likeness (QED) is 0.612. The molecular weight excluding hydrogens is 310 g/mol. The van der Waals surface area contributed by atoms with Crippen molar-refractivity contribution in [1.82, 2.24) is 0 Å². The predicted molar refractivity (Wildman–Crippen MR) is 102 cm³/mol. The highest BCUT2D eigenvalue weighted by atomic mass is 16.2. The Morgan fingerprint density at radius 3 is 2.12 bits per heavy atom. The number of hydrogen-bond donors (Lipinski definition) is 1. The van der Waals surface area contributed by atoms with Gasteiger partial charge in [-0.15, -0.1) is 0 Å². The fraction of sp³-hybridized carbons (Fsp3) is 0.455. The molecule has 0 radical (unpaired) electrons. The average molecular weight is 337 g/mol. The fourth-order valence-electron chi connectivity index (χ4n) is 3.90. The molecule has 25 heavy (non-hydrogen) atoms. The maximum atomic E-state index is 12.7. The van der Waals surface area contributed by atoms with Gasteiger partial charge >= 0.3 is 0 Å². The van der Waals surface area contributed by atoms with Crippen molar-refractivity contribution in [2.75, 3.05) is 5.32 Å². The molecule has 2 aliphatic rings. The molecule has 3 heteroatoms. The molecule has 0 aromatic heterocycles. The lowest BCUT2D eigenvalue weighted by Crippen LogP contribution is -2.16. The summed E-state index contributed by atoms with van der Waals surface area (Å²) in [7, 11) is 0. The van der Waals surface area contributed by atoms with Gasteiger partial charge in [-0.25, -0.2) is 0 Å². The average Bonchev–Trinajstić information content (AvgIpc) is 3.27. The maximum absolute atomic E-state index is 12.7. The van der Waals surface area contributed by atoms with Gasteiger partial charge in [0, 0.05) is 17.2 Å². The van der Waals surface area contributed by atoms with Crippen molar-refractivity contribution in [3.05, 3.63) is 54.1 Å². The van der Waals surface area contributed by atoms with Gasteiger partial charge in [-0.1, -0.05) is 36.4 Å². The van der Waals surface area contributed by atoms with E-state index < -0.39 is 0 Å². The van der Waals surface area contributed by atoms with E-state index in [-0.39, 0.29) is 17.6 Å². The molecule has 3 nitrogen and oxygen atoms in total. The Balaban J connectivity index is 1.63. The third-order valence-electron chi connectivity index (χ3n) is 5.34. The van der Waals surface area contributed by atoms with Gasteiger partial charge < -0.3 is 5.32 Å². The highest BCUT2D eigenvalue weighted by Gasteiger charge is 2.52. The van der Waals surface area contributed by atoms with Crippen LogP contribution < -0.4 is 5.32 Å². The minimum atomic E-state index is 0.0161. The van der Waals surface area contributed by atoms with Crippen molar-refractivity contribution < 1.29 is 9.59 Å². The van der Waals surface area contributed by atoms with Crippen molar-refractivity contribution in [3.63, 3.8) is 0 Å². The van der Waals surface area contributed by atoms with Crippen molar-refractivity contribution in [2.45, 2.75) is 45.4 Å². The van der Waals surface area contributed by atoms with Crippen molar-refractivity contribution in [2.24, 2.45) is 17.8 Å². The molecule has 0 bridgehead atoms. The second-order valence-corrected chi connectivity index (χ2v) is 7.15. The maximum Gasteiger partial charge on any atom is 0.228 e. The van der Waals surface area contributed by atoms with Gasteiger partial charge in [0.2, 0.25) is 5.91 Å². The zero-order chi connectivity index (χ0) is 17.6. The Bertz CT molecular complexity index is 665. The number of carbonyl (C=O) groups is 2. The van der Waals surface area contributed by atoms with Gasteiger partial charge in [0.25, 0.3) is 0 Å². The lowest BCUT2D eigenvalue weighted by molar-refractivity contribution is -0.117. The molecule has 1 fully saturated rings. The number of nitrogens with one attached hydrogen (secondary N) is 1. The third-order valence-corrected chi connectivity index (χ3v) is 5.34. The first-order valence-electron chi connectivity index (χ1n) is 9.38. The minimum Gasteiger partial charge on any atom is -0.326 e. The van der Waals surface area contributed by atoms with Crippen LogP contribution >= 0.6 is 0 Å². The summed E-state index contributed by atoms with van der Waals surface area (Å²) in [4.78, 5) is 24.2. The summed E-state index contributed by atoms with van der Waals surface area (Å²) in [6.07, 6.45) is 15.6. The lowest BCUT2D eigenvalue weighted by atomic mass is 10.1. The van der Waals surface area contributed by atoms with Gasteiger partial charge in [0.15, 0.2) is 5.78 Å². The normalized spacial score (nSPS) is 28.6. The van der Waals surface area contributed by atoms with Gasteiger partial charge in [-0.05, 0) is 69.4 Å². The Labute approximate surface area is 150 Å². The standard InChI is InChI=1S/C22H27NO2/c1-16(24)17-11-10-12-18(15-17)23-22(25)21-19-13-8-6-4-2-3-5-7-9-14-20(19)21/h4-7,10-12,15,19-21H,2-3,8-9,13-14H2,1H3,(H,23,25)/b6-4-,7-5-/t19-,20+,21?. The van der Waals surface area contributed by atoms with Crippen LogP contribution in [0.2, 0.25) is 0 Å². The summed E-state index contributed by atoms with van der Waals surface area (Å²) in [5.41, 5.74) is 1.36. The van der Waals surface area contributed by atoms with E-state index in [1.165, 1.54) is 0 Å². The smallest absolute Gasteiger partial charge is 0.228 e. The number of rotatable bonds is 3. The van der Waals surface area contributed by atoms with Gasteiger partial charge in [-0.2, -0.15) is 0 Å². The van der Waals surface area contributed by atoms with E-state index in [9.17, 15) is 9.59 Å². The van der Waals surface area contributed by atoms with Crippen LogP contribution in [-0.2, 0) is 4.79 Å².